The zero-order chi connectivity index (χ0) is 20.4. The first-order valence-corrected chi connectivity index (χ1v) is 9.43. The predicted molar refractivity (Wildman–Crippen MR) is 113 cm³/mol. The van der Waals surface area contributed by atoms with Crippen LogP contribution >= 0.6 is 0 Å². The summed E-state index contributed by atoms with van der Waals surface area (Å²) in [5.41, 5.74) is 6.25. The molecule has 0 aliphatic carbocycles. The zero-order valence-electron chi connectivity index (χ0n) is 17.0. The van der Waals surface area contributed by atoms with Gasteiger partial charge in [0, 0.05) is 17.9 Å². The summed E-state index contributed by atoms with van der Waals surface area (Å²) in [7, 11) is 0. The van der Waals surface area contributed by atoms with Crippen molar-refractivity contribution in [3.63, 3.8) is 0 Å². The molecule has 0 unspecified atom stereocenters. The fourth-order valence-corrected chi connectivity index (χ4v) is 3.43. The van der Waals surface area contributed by atoms with Crippen molar-refractivity contribution in [2.75, 3.05) is 10.6 Å². The average molecular weight is 378 g/mol. The smallest absolute Gasteiger partial charge is 0.228 e. The van der Waals surface area contributed by atoms with E-state index in [2.05, 4.69) is 37.5 Å². The molecule has 0 aliphatic heterocycles. The molecule has 0 saturated heterocycles. The molecule has 2 N–H and O–H groups in total. The second-order valence-corrected chi connectivity index (χ2v) is 7.58. The van der Waals surface area contributed by atoms with Crippen LogP contribution < -0.4 is 10.6 Å². The van der Waals surface area contributed by atoms with E-state index in [0.29, 0.717) is 17.3 Å². The minimum atomic E-state index is -0.184. The Hall–Kier alpha value is -3.08. The van der Waals surface area contributed by atoms with Crippen LogP contribution in [0.15, 0.2) is 41.0 Å². The molecule has 5 heteroatoms. The SMILES string of the molecule is CC(=O)Nc1ccc(C)cc1NC(=O)Cc1coc2cc(C)c(C(C)C)cc12. The molecule has 1 heterocycles. The first-order chi connectivity index (χ1) is 13.2. The van der Waals surface area contributed by atoms with Crippen LogP contribution in [0.25, 0.3) is 11.0 Å². The summed E-state index contributed by atoms with van der Waals surface area (Å²) in [4.78, 5) is 24.1. The van der Waals surface area contributed by atoms with Crippen LogP contribution in [-0.2, 0) is 16.0 Å². The predicted octanol–water partition coefficient (Wildman–Crippen LogP) is 5.31. The van der Waals surface area contributed by atoms with E-state index < -0.39 is 0 Å². The molecule has 0 atom stereocenters. The van der Waals surface area contributed by atoms with E-state index in [0.717, 1.165) is 22.1 Å². The quantitative estimate of drug-likeness (QED) is 0.632. The van der Waals surface area contributed by atoms with Crippen molar-refractivity contribution in [2.45, 2.75) is 47.0 Å². The minimum Gasteiger partial charge on any atom is -0.464 e. The van der Waals surface area contributed by atoms with Crippen molar-refractivity contribution in [3.8, 4) is 0 Å². The fourth-order valence-electron chi connectivity index (χ4n) is 3.43. The van der Waals surface area contributed by atoms with E-state index >= 15 is 0 Å². The van der Waals surface area contributed by atoms with Gasteiger partial charge >= 0.3 is 0 Å². The summed E-state index contributed by atoms with van der Waals surface area (Å²) < 4.78 is 5.67. The van der Waals surface area contributed by atoms with Crippen LogP contribution in [0.3, 0.4) is 0 Å². The number of furan rings is 1. The Balaban J connectivity index is 1.85. The number of carbonyl (C=O) groups excluding carboxylic acids is 2. The highest BCUT2D eigenvalue weighted by atomic mass is 16.3. The lowest BCUT2D eigenvalue weighted by Crippen LogP contribution is -2.17. The van der Waals surface area contributed by atoms with E-state index in [-0.39, 0.29) is 18.2 Å². The van der Waals surface area contributed by atoms with Gasteiger partial charge in [0.15, 0.2) is 0 Å². The van der Waals surface area contributed by atoms with Gasteiger partial charge in [0.1, 0.15) is 5.58 Å². The molecule has 0 bridgehead atoms. The van der Waals surface area contributed by atoms with Crippen molar-refractivity contribution < 1.29 is 14.0 Å². The number of nitrogens with one attached hydrogen (secondary N) is 2. The molecule has 1 aromatic heterocycles. The number of carbonyl (C=O) groups is 2. The zero-order valence-corrected chi connectivity index (χ0v) is 17.0. The Labute approximate surface area is 165 Å². The highest BCUT2D eigenvalue weighted by Crippen LogP contribution is 2.30. The molecule has 146 valence electrons. The summed E-state index contributed by atoms with van der Waals surface area (Å²) in [5.74, 6) is 0.0526. The van der Waals surface area contributed by atoms with Crippen molar-refractivity contribution in [1.29, 1.82) is 0 Å². The van der Waals surface area contributed by atoms with E-state index in [1.165, 1.54) is 18.1 Å². The lowest BCUT2D eigenvalue weighted by molar-refractivity contribution is -0.116. The van der Waals surface area contributed by atoms with Gasteiger partial charge in [0.05, 0.1) is 24.1 Å². The number of anilines is 2. The molecule has 2 aromatic carbocycles. The Bertz CT molecular complexity index is 1050. The normalized spacial score (nSPS) is 11.1. The summed E-state index contributed by atoms with van der Waals surface area (Å²) in [6.07, 6.45) is 1.85. The van der Waals surface area contributed by atoms with Crippen molar-refractivity contribution in [2.24, 2.45) is 0 Å². The third kappa shape index (κ3) is 4.25. The third-order valence-corrected chi connectivity index (χ3v) is 4.78. The van der Waals surface area contributed by atoms with Crippen molar-refractivity contribution in [3.05, 3.63) is 58.8 Å². The van der Waals surface area contributed by atoms with Crippen LogP contribution in [0.1, 0.15) is 48.9 Å². The van der Waals surface area contributed by atoms with Crippen molar-refractivity contribution in [1.82, 2.24) is 0 Å². The monoisotopic (exact) mass is 378 g/mol. The maximum atomic E-state index is 12.7. The van der Waals surface area contributed by atoms with Gasteiger partial charge in [0.2, 0.25) is 11.8 Å². The number of rotatable bonds is 5. The average Bonchev–Trinajstić information content (AvgIpc) is 2.97. The maximum Gasteiger partial charge on any atom is 0.228 e. The highest BCUT2D eigenvalue weighted by Gasteiger charge is 2.15. The van der Waals surface area contributed by atoms with Crippen LogP contribution in [0.5, 0.6) is 0 Å². The van der Waals surface area contributed by atoms with Crippen LogP contribution in [0, 0.1) is 13.8 Å². The number of aryl methyl sites for hydroxylation is 2. The van der Waals surface area contributed by atoms with E-state index in [1.54, 1.807) is 12.3 Å². The fraction of sp³-hybridized carbons (Fsp3) is 0.304. The number of hydrogen-bond acceptors (Lipinski definition) is 3. The topological polar surface area (TPSA) is 71.3 Å². The molecule has 3 rings (SSSR count). The number of hydrogen-bond donors (Lipinski definition) is 2. The van der Waals surface area contributed by atoms with E-state index in [9.17, 15) is 9.59 Å². The summed E-state index contributed by atoms with van der Waals surface area (Å²) in [6.45, 7) is 9.76. The second kappa shape index (κ2) is 7.89. The maximum absolute atomic E-state index is 12.7. The van der Waals surface area contributed by atoms with Gasteiger partial charge in [-0.25, -0.2) is 0 Å². The Morgan fingerprint density at radius 2 is 1.79 bits per heavy atom. The van der Waals surface area contributed by atoms with Gasteiger partial charge in [-0.1, -0.05) is 19.9 Å². The van der Waals surface area contributed by atoms with E-state index in [1.807, 2.05) is 25.1 Å². The lowest BCUT2D eigenvalue weighted by Gasteiger charge is -2.12. The Morgan fingerprint density at radius 1 is 1.04 bits per heavy atom. The Morgan fingerprint density at radius 3 is 2.46 bits per heavy atom. The molecule has 28 heavy (non-hydrogen) atoms. The molecule has 5 nitrogen and oxygen atoms in total. The summed E-state index contributed by atoms with van der Waals surface area (Å²) in [6, 6.07) is 9.67. The molecular formula is C23H26N2O3. The standard InChI is InChI=1S/C23H26N2O3/c1-13(2)18-11-19-17(12-28-22(19)9-15(18)4)10-23(27)25-21-8-14(3)6-7-20(21)24-16(5)26/h6-9,11-13H,10H2,1-5H3,(H,24,26)(H,25,27). The van der Waals surface area contributed by atoms with Gasteiger partial charge in [-0.3, -0.25) is 9.59 Å². The molecule has 3 aromatic rings. The summed E-state index contributed by atoms with van der Waals surface area (Å²) >= 11 is 0. The molecule has 0 radical (unpaired) electrons. The molecule has 0 aliphatic rings. The largest absolute Gasteiger partial charge is 0.464 e. The third-order valence-electron chi connectivity index (χ3n) is 4.78. The van der Waals surface area contributed by atoms with E-state index in [4.69, 9.17) is 4.42 Å². The van der Waals surface area contributed by atoms with Crippen LogP contribution in [0.2, 0.25) is 0 Å². The van der Waals surface area contributed by atoms with Crippen LogP contribution in [0.4, 0.5) is 11.4 Å². The van der Waals surface area contributed by atoms with Crippen LogP contribution in [-0.4, -0.2) is 11.8 Å². The van der Waals surface area contributed by atoms with Gasteiger partial charge in [-0.2, -0.15) is 0 Å². The molecular weight excluding hydrogens is 352 g/mol. The lowest BCUT2D eigenvalue weighted by atomic mass is 9.95. The van der Waals surface area contributed by atoms with Crippen molar-refractivity contribution >= 4 is 34.2 Å². The van der Waals surface area contributed by atoms with Gasteiger partial charge < -0.3 is 15.1 Å². The number of fused-ring (bicyclic) bond motifs is 1. The minimum absolute atomic E-state index is 0.161. The number of amides is 2. The summed E-state index contributed by atoms with van der Waals surface area (Å²) in [5, 5.41) is 6.63. The van der Waals surface area contributed by atoms with Gasteiger partial charge in [0.25, 0.3) is 0 Å². The Kier molecular flexibility index (Phi) is 5.54. The second-order valence-electron chi connectivity index (χ2n) is 7.58. The molecule has 2 amide bonds. The molecule has 0 saturated carbocycles. The number of benzene rings is 2. The first-order valence-electron chi connectivity index (χ1n) is 9.43. The highest BCUT2D eigenvalue weighted by molar-refractivity contribution is 6.00. The first kappa shape index (κ1) is 19.7. The molecule has 0 fully saturated rings. The molecule has 0 spiro atoms. The van der Waals surface area contributed by atoms with Gasteiger partial charge in [-0.15, -0.1) is 0 Å². The van der Waals surface area contributed by atoms with Gasteiger partial charge in [-0.05, 0) is 60.7 Å².